The molecule has 5 heteroatoms. The maximum Gasteiger partial charge on any atom is 0.356 e. The van der Waals surface area contributed by atoms with E-state index in [9.17, 15) is 4.79 Å². The van der Waals surface area contributed by atoms with Gasteiger partial charge in [0.2, 0.25) is 0 Å². The number of nitrogens with zero attached hydrogens (tertiary/aromatic N) is 2. The molecule has 2 aromatic carbocycles. The minimum Gasteiger partial charge on any atom is -0.464 e. The lowest BCUT2D eigenvalue weighted by molar-refractivity contribution is 0.0594. The summed E-state index contributed by atoms with van der Waals surface area (Å²) in [4.78, 5) is 21.1. The number of fused-ring (bicyclic) bond motifs is 4. The first-order valence-electron chi connectivity index (χ1n) is 8.51. The first kappa shape index (κ1) is 15.5. The van der Waals surface area contributed by atoms with Crippen LogP contribution in [-0.4, -0.2) is 23.0 Å². The van der Waals surface area contributed by atoms with Gasteiger partial charge in [-0.25, -0.2) is 14.8 Å². The molecule has 5 nitrogen and oxygen atoms in total. The van der Waals surface area contributed by atoms with Crippen LogP contribution >= 0.6 is 0 Å². The van der Waals surface area contributed by atoms with Gasteiger partial charge in [0, 0.05) is 16.2 Å². The molecule has 5 aromatic rings. The van der Waals surface area contributed by atoms with Crippen LogP contribution in [0.4, 0.5) is 0 Å². The third-order valence-electron chi connectivity index (χ3n) is 4.59. The van der Waals surface area contributed by atoms with Crippen LogP contribution in [0.25, 0.3) is 44.2 Å². The summed E-state index contributed by atoms with van der Waals surface area (Å²) < 4.78 is 10.7. The average molecular weight is 354 g/mol. The summed E-state index contributed by atoms with van der Waals surface area (Å²) in [6.45, 7) is 0. The molecule has 27 heavy (non-hydrogen) atoms. The number of methoxy groups -OCH3 is 1. The van der Waals surface area contributed by atoms with Crippen LogP contribution in [0.5, 0.6) is 0 Å². The number of para-hydroxylation sites is 1. The van der Waals surface area contributed by atoms with Gasteiger partial charge in [-0.2, -0.15) is 0 Å². The molecule has 0 atom stereocenters. The first-order chi connectivity index (χ1) is 13.2. The highest BCUT2D eigenvalue weighted by Gasteiger charge is 2.13. The summed E-state index contributed by atoms with van der Waals surface area (Å²) in [5.74, 6) is 0.224. The maximum absolute atomic E-state index is 11.9. The number of hydrogen-bond acceptors (Lipinski definition) is 5. The molecule has 0 aliphatic rings. The van der Waals surface area contributed by atoms with E-state index in [1.165, 1.54) is 7.11 Å². The lowest BCUT2D eigenvalue weighted by Crippen LogP contribution is -2.04. The number of aromatic nitrogens is 2. The van der Waals surface area contributed by atoms with Crippen LogP contribution in [0.2, 0.25) is 0 Å². The number of benzene rings is 2. The number of pyridine rings is 2. The largest absolute Gasteiger partial charge is 0.464 e. The summed E-state index contributed by atoms with van der Waals surface area (Å²) in [6.07, 6.45) is 0. The molecule has 0 aliphatic heterocycles. The predicted octanol–water partition coefficient (Wildman–Crippen LogP) is 4.98. The highest BCUT2D eigenvalue weighted by atomic mass is 16.5. The summed E-state index contributed by atoms with van der Waals surface area (Å²) in [5, 5.41) is 2.87. The number of carbonyl (C=O) groups is 1. The Labute approximate surface area is 154 Å². The van der Waals surface area contributed by atoms with E-state index in [4.69, 9.17) is 14.1 Å². The van der Waals surface area contributed by atoms with Crippen LogP contribution in [0, 0.1) is 0 Å². The molecule has 0 saturated carbocycles. The number of rotatable bonds is 2. The molecule has 3 aromatic heterocycles. The zero-order valence-corrected chi connectivity index (χ0v) is 14.5. The van der Waals surface area contributed by atoms with Crippen molar-refractivity contribution in [2.24, 2.45) is 0 Å². The lowest BCUT2D eigenvalue weighted by atomic mass is 10.1. The maximum atomic E-state index is 11.9. The molecule has 0 radical (unpaired) electrons. The van der Waals surface area contributed by atoms with Crippen LogP contribution in [0.3, 0.4) is 0 Å². The standard InChI is InChI=1S/C22H14N2O3/c1-26-22(25)17-11-9-14-7-6-13-8-10-16(23-20(13)21(14)24-17)19-12-15-4-2-3-5-18(15)27-19/h2-12H,1H3. The molecule has 0 aliphatic carbocycles. The fourth-order valence-corrected chi connectivity index (χ4v) is 3.23. The van der Waals surface area contributed by atoms with E-state index >= 15 is 0 Å². The molecule has 0 spiro atoms. The number of ether oxygens (including phenoxy) is 1. The van der Waals surface area contributed by atoms with Gasteiger partial charge >= 0.3 is 5.97 Å². The third kappa shape index (κ3) is 2.52. The van der Waals surface area contributed by atoms with Crippen molar-refractivity contribution in [1.29, 1.82) is 0 Å². The molecule has 0 N–H and O–H groups in total. The monoisotopic (exact) mass is 354 g/mol. The second-order valence-corrected chi connectivity index (χ2v) is 6.24. The van der Waals surface area contributed by atoms with E-state index in [1.54, 1.807) is 6.07 Å². The average Bonchev–Trinajstić information content (AvgIpc) is 3.16. The summed E-state index contributed by atoms with van der Waals surface area (Å²) in [5.41, 5.74) is 3.17. The molecule has 0 fully saturated rings. The number of furan rings is 1. The van der Waals surface area contributed by atoms with Gasteiger partial charge in [0.15, 0.2) is 5.76 Å². The molecular weight excluding hydrogens is 340 g/mol. The Hall–Kier alpha value is -3.73. The van der Waals surface area contributed by atoms with Crippen molar-refractivity contribution in [2.45, 2.75) is 0 Å². The third-order valence-corrected chi connectivity index (χ3v) is 4.59. The van der Waals surface area contributed by atoms with Crippen LogP contribution in [0.15, 0.2) is 71.1 Å². The normalized spacial score (nSPS) is 11.3. The number of esters is 1. The molecule has 0 amide bonds. The second-order valence-electron chi connectivity index (χ2n) is 6.24. The summed E-state index contributed by atoms with van der Waals surface area (Å²) in [6, 6.07) is 21.2. The zero-order chi connectivity index (χ0) is 18.4. The lowest BCUT2D eigenvalue weighted by Gasteiger charge is -2.06. The van der Waals surface area contributed by atoms with E-state index in [1.807, 2.05) is 60.7 Å². The second kappa shape index (κ2) is 5.92. The Kier molecular flexibility index (Phi) is 3.40. The minimum atomic E-state index is -0.470. The highest BCUT2D eigenvalue weighted by Crippen LogP contribution is 2.30. The van der Waals surface area contributed by atoms with Crippen molar-refractivity contribution in [3.63, 3.8) is 0 Å². The van der Waals surface area contributed by atoms with Crippen molar-refractivity contribution >= 4 is 38.7 Å². The van der Waals surface area contributed by atoms with Gasteiger partial charge < -0.3 is 9.15 Å². The van der Waals surface area contributed by atoms with E-state index in [2.05, 4.69) is 4.98 Å². The van der Waals surface area contributed by atoms with Crippen LogP contribution in [-0.2, 0) is 4.74 Å². The van der Waals surface area contributed by atoms with Gasteiger partial charge in [-0.1, -0.05) is 42.5 Å². The molecule has 0 unspecified atom stereocenters. The SMILES string of the molecule is COC(=O)c1ccc2ccc3ccc(-c4cc5ccccc5o4)nc3c2n1. The van der Waals surface area contributed by atoms with Crippen molar-refractivity contribution in [3.8, 4) is 11.5 Å². The minimum absolute atomic E-state index is 0.258. The highest BCUT2D eigenvalue weighted by molar-refractivity contribution is 6.04. The smallest absolute Gasteiger partial charge is 0.356 e. The number of carbonyl (C=O) groups excluding carboxylic acids is 1. The summed E-state index contributed by atoms with van der Waals surface area (Å²) in [7, 11) is 1.34. The Morgan fingerprint density at radius 1 is 0.852 bits per heavy atom. The van der Waals surface area contributed by atoms with Gasteiger partial charge in [-0.15, -0.1) is 0 Å². The van der Waals surface area contributed by atoms with Crippen molar-refractivity contribution in [1.82, 2.24) is 9.97 Å². The van der Waals surface area contributed by atoms with E-state index in [-0.39, 0.29) is 5.69 Å². The molecule has 3 heterocycles. The van der Waals surface area contributed by atoms with Crippen LogP contribution < -0.4 is 0 Å². The molecule has 5 rings (SSSR count). The predicted molar refractivity (Wildman–Crippen MR) is 104 cm³/mol. The Morgan fingerprint density at radius 3 is 2.33 bits per heavy atom. The quantitative estimate of drug-likeness (QED) is 0.330. The molecule has 0 bridgehead atoms. The fraction of sp³-hybridized carbons (Fsp3) is 0.0455. The van der Waals surface area contributed by atoms with Crippen LogP contribution in [0.1, 0.15) is 10.5 Å². The summed E-state index contributed by atoms with van der Waals surface area (Å²) >= 11 is 0. The molecule has 130 valence electrons. The Balaban J connectivity index is 1.75. The van der Waals surface area contributed by atoms with E-state index in [0.29, 0.717) is 11.3 Å². The Morgan fingerprint density at radius 2 is 1.56 bits per heavy atom. The van der Waals surface area contributed by atoms with Crippen molar-refractivity contribution in [2.75, 3.05) is 7.11 Å². The van der Waals surface area contributed by atoms with E-state index < -0.39 is 5.97 Å². The number of hydrogen-bond donors (Lipinski definition) is 0. The Bertz CT molecular complexity index is 1300. The topological polar surface area (TPSA) is 65.2 Å². The zero-order valence-electron chi connectivity index (χ0n) is 14.5. The van der Waals surface area contributed by atoms with E-state index in [0.717, 1.165) is 33.0 Å². The van der Waals surface area contributed by atoms with Gasteiger partial charge in [-0.05, 0) is 24.3 Å². The van der Waals surface area contributed by atoms with Gasteiger partial charge in [-0.3, -0.25) is 0 Å². The van der Waals surface area contributed by atoms with Crippen molar-refractivity contribution < 1.29 is 13.9 Å². The first-order valence-corrected chi connectivity index (χ1v) is 8.51. The van der Waals surface area contributed by atoms with Gasteiger partial charge in [0.1, 0.15) is 17.0 Å². The molecule has 0 saturated heterocycles. The van der Waals surface area contributed by atoms with Gasteiger partial charge in [0.25, 0.3) is 0 Å². The fourth-order valence-electron chi connectivity index (χ4n) is 3.23. The van der Waals surface area contributed by atoms with Crippen molar-refractivity contribution in [3.05, 3.63) is 72.4 Å². The van der Waals surface area contributed by atoms with Gasteiger partial charge in [0.05, 0.1) is 18.1 Å². The molecular formula is C22H14N2O3.